The van der Waals surface area contributed by atoms with E-state index in [9.17, 15) is 9.90 Å². The van der Waals surface area contributed by atoms with Crippen molar-refractivity contribution in [3.8, 4) is 16.9 Å². The summed E-state index contributed by atoms with van der Waals surface area (Å²) < 4.78 is 0. The number of nitrogens with one attached hydrogen (secondary N) is 1. The minimum Gasteiger partial charge on any atom is -0.505 e. The topological polar surface area (TPSA) is 81.6 Å². The summed E-state index contributed by atoms with van der Waals surface area (Å²) in [6.07, 6.45) is 5.75. The second kappa shape index (κ2) is 11.7. The Morgan fingerprint density at radius 1 is 1.08 bits per heavy atom. The van der Waals surface area contributed by atoms with E-state index in [1.165, 1.54) is 0 Å². The van der Waals surface area contributed by atoms with E-state index in [1.807, 2.05) is 36.5 Å². The van der Waals surface area contributed by atoms with E-state index < -0.39 is 0 Å². The minimum absolute atomic E-state index is 0. The Balaban J connectivity index is 0.00000336. The summed E-state index contributed by atoms with van der Waals surface area (Å²) >= 11 is 12.3. The quantitative estimate of drug-likeness (QED) is 0.250. The summed E-state index contributed by atoms with van der Waals surface area (Å²) in [7, 11) is 4.22. The summed E-state index contributed by atoms with van der Waals surface area (Å²) in [4.78, 5) is 25.3. The van der Waals surface area contributed by atoms with Crippen LogP contribution in [0.15, 0.2) is 54.9 Å². The Morgan fingerprint density at radius 3 is 2.47 bits per heavy atom. The second-order valence-corrected chi connectivity index (χ2v) is 10.2. The smallest absolute Gasteiger partial charge is 0.152 e. The molecule has 1 saturated heterocycles. The molecule has 1 atom stereocenters. The van der Waals surface area contributed by atoms with Gasteiger partial charge in [-0.15, -0.1) is 12.4 Å². The third-order valence-electron chi connectivity index (χ3n) is 6.83. The minimum atomic E-state index is -0.146. The van der Waals surface area contributed by atoms with Gasteiger partial charge in [-0.25, -0.2) is 4.98 Å². The van der Waals surface area contributed by atoms with Gasteiger partial charge >= 0.3 is 0 Å². The maximum absolute atomic E-state index is 11.4. The van der Waals surface area contributed by atoms with Crippen LogP contribution in [0.1, 0.15) is 12.0 Å². The van der Waals surface area contributed by atoms with Gasteiger partial charge in [0.25, 0.3) is 0 Å². The number of carbonyl (C=O) groups is 1. The molecule has 3 heterocycles. The van der Waals surface area contributed by atoms with Gasteiger partial charge in [0.05, 0.1) is 33.1 Å². The van der Waals surface area contributed by atoms with Gasteiger partial charge in [0.2, 0.25) is 0 Å². The highest BCUT2D eigenvalue weighted by Gasteiger charge is 2.24. The lowest BCUT2D eigenvalue weighted by Crippen LogP contribution is -2.31. The maximum Gasteiger partial charge on any atom is 0.152 e. The zero-order valence-electron chi connectivity index (χ0n) is 21.0. The lowest BCUT2D eigenvalue weighted by molar-refractivity contribution is -0.107. The van der Waals surface area contributed by atoms with Crippen LogP contribution >= 0.6 is 35.6 Å². The van der Waals surface area contributed by atoms with Gasteiger partial charge in [-0.2, -0.15) is 0 Å². The van der Waals surface area contributed by atoms with E-state index in [1.54, 1.807) is 18.3 Å². The van der Waals surface area contributed by atoms with Gasteiger partial charge in [0.15, 0.2) is 5.75 Å². The Hall–Kier alpha value is -3.10. The number of rotatable bonds is 7. The molecule has 0 bridgehead atoms. The number of hydrogen-bond acceptors (Lipinski definition) is 7. The third-order valence-corrected chi connectivity index (χ3v) is 7.41. The van der Waals surface area contributed by atoms with Crippen molar-refractivity contribution in [1.82, 2.24) is 14.9 Å². The molecular formula is C28H28Cl3N5O2. The largest absolute Gasteiger partial charge is 0.505 e. The zero-order chi connectivity index (χ0) is 26.1. The molecule has 0 saturated carbocycles. The molecule has 1 aliphatic rings. The lowest BCUT2D eigenvalue weighted by atomic mass is 10.00. The first kappa shape index (κ1) is 27.9. The molecule has 0 radical (unpaired) electrons. The molecule has 38 heavy (non-hydrogen) atoms. The Kier molecular flexibility index (Phi) is 8.63. The molecule has 2 N–H and O–H groups in total. The number of aromatic nitrogens is 2. The van der Waals surface area contributed by atoms with Crippen molar-refractivity contribution in [3.63, 3.8) is 0 Å². The molecular weight excluding hydrogens is 545 g/mol. The molecule has 198 valence electrons. The number of phenols is 1. The molecule has 2 aromatic heterocycles. The molecule has 0 aliphatic carbocycles. The standard InChI is InChI=1S/C28H27Cl2N5O2.ClH/c1-34(2)21-7-9-35(16-21)26-6-4-20(15-32-26)33-27-18(8-10-36)14-31-25-5-3-17(11-22(25)27)19-12-23(29)28(37)24(30)13-19;/h3-6,10-15,21,37H,7-9,16H2,1-2H3,(H,31,33);1H. The Morgan fingerprint density at radius 2 is 1.84 bits per heavy atom. The SMILES string of the molecule is CN(C)C1CCN(c2ccc(Nc3c(CC=O)cnc4ccc(-c5cc(Cl)c(O)c(Cl)c5)cc34)cn2)C1.Cl. The molecule has 0 spiro atoms. The van der Waals surface area contributed by atoms with Crippen molar-refractivity contribution in [3.05, 3.63) is 70.5 Å². The van der Waals surface area contributed by atoms with Crippen molar-refractivity contribution >= 4 is 70.0 Å². The van der Waals surface area contributed by atoms with Crippen LogP contribution in [0.5, 0.6) is 5.75 Å². The molecule has 1 unspecified atom stereocenters. The first-order chi connectivity index (χ1) is 17.8. The van der Waals surface area contributed by atoms with E-state index in [0.29, 0.717) is 6.04 Å². The predicted molar refractivity (Wildman–Crippen MR) is 158 cm³/mol. The maximum atomic E-state index is 11.4. The van der Waals surface area contributed by atoms with E-state index in [0.717, 1.165) is 70.6 Å². The summed E-state index contributed by atoms with van der Waals surface area (Å²) in [5, 5.41) is 14.6. The number of phenolic OH excluding ortho intramolecular Hbond substituents is 1. The van der Waals surface area contributed by atoms with E-state index in [-0.39, 0.29) is 34.6 Å². The van der Waals surface area contributed by atoms with Crippen LogP contribution in [0.25, 0.3) is 22.0 Å². The normalized spacial score (nSPS) is 15.1. The van der Waals surface area contributed by atoms with Crippen molar-refractivity contribution in [2.75, 3.05) is 37.4 Å². The first-order valence-corrected chi connectivity index (χ1v) is 12.8. The number of carbonyl (C=O) groups excluding carboxylic acids is 1. The Labute approximate surface area is 237 Å². The van der Waals surface area contributed by atoms with Crippen LogP contribution < -0.4 is 10.2 Å². The fourth-order valence-electron chi connectivity index (χ4n) is 4.70. The second-order valence-electron chi connectivity index (χ2n) is 9.43. The van der Waals surface area contributed by atoms with Gasteiger partial charge in [0.1, 0.15) is 12.1 Å². The molecule has 1 fully saturated rings. The number of pyridine rings is 2. The molecule has 7 nitrogen and oxygen atoms in total. The average Bonchev–Trinajstić information content (AvgIpc) is 3.39. The summed E-state index contributed by atoms with van der Waals surface area (Å²) in [5.41, 5.74) is 4.76. The number of aromatic hydroxyl groups is 1. The van der Waals surface area contributed by atoms with Crippen LogP contribution in [0, 0.1) is 0 Å². The molecule has 5 rings (SSSR count). The molecule has 10 heteroatoms. The number of likely N-dealkylation sites (N-methyl/N-ethyl adjacent to an activating group) is 1. The fraction of sp³-hybridized carbons (Fsp3) is 0.250. The van der Waals surface area contributed by atoms with Gasteiger partial charge < -0.3 is 25.0 Å². The van der Waals surface area contributed by atoms with Gasteiger partial charge in [-0.3, -0.25) is 4.98 Å². The van der Waals surface area contributed by atoms with Gasteiger partial charge in [-0.05, 0) is 68.0 Å². The number of anilines is 3. The highest BCUT2D eigenvalue weighted by Crippen LogP contribution is 2.38. The summed E-state index contributed by atoms with van der Waals surface area (Å²) in [5.74, 6) is 0.804. The van der Waals surface area contributed by atoms with Crippen LogP contribution in [-0.2, 0) is 11.2 Å². The highest BCUT2D eigenvalue weighted by molar-refractivity contribution is 6.37. The van der Waals surface area contributed by atoms with Crippen molar-refractivity contribution in [1.29, 1.82) is 0 Å². The monoisotopic (exact) mass is 571 g/mol. The van der Waals surface area contributed by atoms with E-state index >= 15 is 0 Å². The van der Waals surface area contributed by atoms with E-state index in [2.05, 4.69) is 34.2 Å². The van der Waals surface area contributed by atoms with Crippen molar-refractivity contribution in [2.24, 2.45) is 0 Å². The molecule has 1 aliphatic heterocycles. The van der Waals surface area contributed by atoms with Crippen molar-refractivity contribution < 1.29 is 9.90 Å². The third kappa shape index (κ3) is 5.66. The number of benzene rings is 2. The van der Waals surface area contributed by atoms with Gasteiger partial charge in [0, 0.05) is 42.7 Å². The number of hydrogen-bond donors (Lipinski definition) is 2. The predicted octanol–water partition coefficient (Wildman–Crippen LogP) is 6.36. The van der Waals surface area contributed by atoms with Crippen LogP contribution in [0.4, 0.5) is 17.2 Å². The first-order valence-electron chi connectivity index (χ1n) is 12.0. The average molecular weight is 573 g/mol. The number of fused-ring (bicyclic) bond motifs is 1. The summed E-state index contributed by atoms with van der Waals surface area (Å²) in [6, 6.07) is 13.7. The zero-order valence-corrected chi connectivity index (χ0v) is 23.3. The molecule has 4 aromatic rings. The summed E-state index contributed by atoms with van der Waals surface area (Å²) in [6.45, 7) is 1.94. The van der Waals surface area contributed by atoms with E-state index in [4.69, 9.17) is 28.2 Å². The number of halogens is 3. The fourth-order valence-corrected chi connectivity index (χ4v) is 5.19. The number of aldehydes is 1. The van der Waals surface area contributed by atoms with Crippen molar-refractivity contribution in [2.45, 2.75) is 18.9 Å². The molecule has 0 amide bonds. The van der Waals surface area contributed by atoms with Crippen LogP contribution in [0.3, 0.4) is 0 Å². The van der Waals surface area contributed by atoms with Crippen LogP contribution in [-0.4, -0.2) is 59.5 Å². The highest BCUT2D eigenvalue weighted by atomic mass is 35.5. The Bertz CT molecular complexity index is 1440. The lowest BCUT2D eigenvalue weighted by Gasteiger charge is -2.21. The van der Waals surface area contributed by atoms with Gasteiger partial charge in [-0.1, -0.05) is 29.3 Å². The molecule has 2 aromatic carbocycles. The van der Waals surface area contributed by atoms with Crippen LogP contribution in [0.2, 0.25) is 10.0 Å². The number of nitrogens with zero attached hydrogens (tertiary/aromatic N) is 4.